The lowest BCUT2D eigenvalue weighted by Gasteiger charge is -2.16. The SMILES string of the molecule is CCOc1cccc(NC(C)c2ccc(C)cc2)c1. The van der Waals surface area contributed by atoms with E-state index in [0.29, 0.717) is 6.61 Å². The van der Waals surface area contributed by atoms with Crippen molar-refractivity contribution in [2.75, 3.05) is 11.9 Å². The Kier molecular flexibility index (Phi) is 4.45. The Hall–Kier alpha value is -1.96. The van der Waals surface area contributed by atoms with Gasteiger partial charge in [-0.1, -0.05) is 35.9 Å². The van der Waals surface area contributed by atoms with Crippen LogP contribution in [-0.2, 0) is 0 Å². The molecule has 0 fully saturated rings. The van der Waals surface area contributed by atoms with Gasteiger partial charge in [-0.05, 0) is 38.5 Å². The van der Waals surface area contributed by atoms with Crippen LogP contribution in [0.15, 0.2) is 48.5 Å². The van der Waals surface area contributed by atoms with Crippen LogP contribution >= 0.6 is 0 Å². The van der Waals surface area contributed by atoms with Gasteiger partial charge in [-0.3, -0.25) is 0 Å². The Morgan fingerprint density at radius 3 is 2.53 bits per heavy atom. The Labute approximate surface area is 115 Å². The van der Waals surface area contributed by atoms with Crippen molar-refractivity contribution in [3.63, 3.8) is 0 Å². The number of anilines is 1. The van der Waals surface area contributed by atoms with Crippen LogP contribution in [0.1, 0.15) is 31.0 Å². The zero-order valence-corrected chi connectivity index (χ0v) is 11.8. The fraction of sp³-hybridized carbons (Fsp3) is 0.294. The Bertz CT molecular complexity index is 519. The highest BCUT2D eigenvalue weighted by molar-refractivity contribution is 5.49. The summed E-state index contributed by atoms with van der Waals surface area (Å²) in [5.41, 5.74) is 3.65. The third kappa shape index (κ3) is 3.75. The van der Waals surface area contributed by atoms with E-state index in [1.165, 1.54) is 11.1 Å². The summed E-state index contributed by atoms with van der Waals surface area (Å²) in [5.74, 6) is 0.906. The molecule has 0 amide bonds. The summed E-state index contributed by atoms with van der Waals surface area (Å²) >= 11 is 0. The van der Waals surface area contributed by atoms with E-state index in [9.17, 15) is 0 Å². The lowest BCUT2D eigenvalue weighted by molar-refractivity contribution is 0.340. The highest BCUT2D eigenvalue weighted by atomic mass is 16.5. The molecule has 19 heavy (non-hydrogen) atoms. The average Bonchev–Trinajstić information content (AvgIpc) is 2.40. The lowest BCUT2D eigenvalue weighted by atomic mass is 10.1. The molecule has 2 nitrogen and oxygen atoms in total. The molecule has 100 valence electrons. The quantitative estimate of drug-likeness (QED) is 0.845. The number of aryl methyl sites for hydroxylation is 1. The minimum absolute atomic E-state index is 0.275. The van der Waals surface area contributed by atoms with Crippen molar-refractivity contribution in [2.24, 2.45) is 0 Å². The monoisotopic (exact) mass is 255 g/mol. The maximum atomic E-state index is 5.51. The molecule has 0 radical (unpaired) electrons. The third-order valence-corrected chi connectivity index (χ3v) is 3.11. The number of ether oxygens (including phenoxy) is 1. The molecule has 2 heteroatoms. The van der Waals surface area contributed by atoms with Gasteiger partial charge in [0.05, 0.1) is 6.61 Å². The zero-order chi connectivity index (χ0) is 13.7. The van der Waals surface area contributed by atoms with E-state index in [4.69, 9.17) is 4.74 Å². The first kappa shape index (κ1) is 13.5. The van der Waals surface area contributed by atoms with Gasteiger partial charge < -0.3 is 10.1 Å². The smallest absolute Gasteiger partial charge is 0.121 e. The molecule has 1 N–H and O–H groups in total. The molecule has 2 aromatic carbocycles. The molecule has 0 saturated carbocycles. The molecule has 1 unspecified atom stereocenters. The fourth-order valence-electron chi connectivity index (χ4n) is 2.03. The van der Waals surface area contributed by atoms with Gasteiger partial charge in [-0.25, -0.2) is 0 Å². The topological polar surface area (TPSA) is 21.3 Å². The van der Waals surface area contributed by atoms with Gasteiger partial charge in [-0.2, -0.15) is 0 Å². The van der Waals surface area contributed by atoms with Crippen LogP contribution in [0.3, 0.4) is 0 Å². The largest absolute Gasteiger partial charge is 0.494 e. The molecule has 0 aliphatic rings. The summed E-state index contributed by atoms with van der Waals surface area (Å²) in [6, 6.07) is 17.0. The predicted molar refractivity (Wildman–Crippen MR) is 80.8 cm³/mol. The van der Waals surface area contributed by atoms with Gasteiger partial charge in [0.1, 0.15) is 5.75 Å². The summed E-state index contributed by atoms with van der Waals surface area (Å²) in [6.45, 7) is 6.96. The minimum Gasteiger partial charge on any atom is -0.494 e. The van der Waals surface area contributed by atoms with E-state index in [1.54, 1.807) is 0 Å². The van der Waals surface area contributed by atoms with Gasteiger partial charge in [0.25, 0.3) is 0 Å². The highest BCUT2D eigenvalue weighted by Gasteiger charge is 2.05. The molecule has 0 aliphatic heterocycles. The van der Waals surface area contributed by atoms with Crippen LogP contribution in [0, 0.1) is 6.92 Å². The second-order valence-corrected chi connectivity index (χ2v) is 4.74. The van der Waals surface area contributed by atoms with Gasteiger partial charge >= 0.3 is 0 Å². The highest BCUT2D eigenvalue weighted by Crippen LogP contribution is 2.23. The van der Waals surface area contributed by atoms with E-state index >= 15 is 0 Å². The Morgan fingerprint density at radius 2 is 1.84 bits per heavy atom. The van der Waals surface area contributed by atoms with Crippen molar-refractivity contribution in [3.05, 3.63) is 59.7 Å². The van der Waals surface area contributed by atoms with Crippen molar-refractivity contribution in [1.29, 1.82) is 0 Å². The number of nitrogens with one attached hydrogen (secondary N) is 1. The molecule has 0 saturated heterocycles. The summed E-state index contributed by atoms with van der Waals surface area (Å²) in [7, 11) is 0. The van der Waals surface area contributed by atoms with Gasteiger partial charge in [0.15, 0.2) is 0 Å². The van der Waals surface area contributed by atoms with Crippen LogP contribution in [-0.4, -0.2) is 6.61 Å². The summed E-state index contributed by atoms with van der Waals surface area (Å²) < 4.78 is 5.51. The van der Waals surface area contributed by atoms with Crippen molar-refractivity contribution in [1.82, 2.24) is 0 Å². The molecule has 0 spiro atoms. The predicted octanol–water partition coefficient (Wildman–Crippen LogP) is 4.57. The summed E-state index contributed by atoms with van der Waals surface area (Å²) in [5, 5.41) is 3.50. The lowest BCUT2D eigenvalue weighted by Crippen LogP contribution is -2.06. The molecule has 0 aromatic heterocycles. The first-order chi connectivity index (χ1) is 9.19. The molecule has 2 rings (SSSR count). The van der Waals surface area contributed by atoms with Gasteiger partial charge in [0, 0.05) is 17.8 Å². The van der Waals surface area contributed by atoms with Crippen LogP contribution in [0.5, 0.6) is 5.75 Å². The van der Waals surface area contributed by atoms with E-state index in [0.717, 1.165) is 11.4 Å². The maximum Gasteiger partial charge on any atom is 0.121 e. The van der Waals surface area contributed by atoms with Gasteiger partial charge in [-0.15, -0.1) is 0 Å². The molecule has 2 aromatic rings. The number of hydrogen-bond donors (Lipinski definition) is 1. The molecule has 0 aliphatic carbocycles. The van der Waals surface area contributed by atoms with Crippen LogP contribution in [0.25, 0.3) is 0 Å². The summed E-state index contributed by atoms with van der Waals surface area (Å²) in [4.78, 5) is 0. The van der Waals surface area contributed by atoms with Crippen LogP contribution < -0.4 is 10.1 Å². The Balaban J connectivity index is 2.07. The van der Waals surface area contributed by atoms with E-state index in [-0.39, 0.29) is 6.04 Å². The molecule has 0 bridgehead atoms. The fourth-order valence-corrected chi connectivity index (χ4v) is 2.03. The van der Waals surface area contributed by atoms with E-state index < -0.39 is 0 Å². The second kappa shape index (κ2) is 6.28. The van der Waals surface area contributed by atoms with Gasteiger partial charge in [0.2, 0.25) is 0 Å². The van der Waals surface area contributed by atoms with Crippen LogP contribution in [0.2, 0.25) is 0 Å². The molecular weight excluding hydrogens is 234 g/mol. The maximum absolute atomic E-state index is 5.51. The van der Waals surface area contributed by atoms with E-state index in [1.807, 2.05) is 25.1 Å². The first-order valence-corrected chi connectivity index (χ1v) is 6.75. The normalized spacial score (nSPS) is 11.9. The Morgan fingerprint density at radius 1 is 1.11 bits per heavy atom. The van der Waals surface area contributed by atoms with Crippen molar-refractivity contribution in [3.8, 4) is 5.75 Å². The van der Waals surface area contributed by atoms with Crippen LogP contribution in [0.4, 0.5) is 5.69 Å². The standard InChI is InChI=1S/C17H21NO/c1-4-19-17-7-5-6-16(12-17)18-14(3)15-10-8-13(2)9-11-15/h5-12,14,18H,4H2,1-3H3. The molecule has 1 atom stereocenters. The second-order valence-electron chi connectivity index (χ2n) is 4.74. The van der Waals surface area contributed by atoms with Crippen molar-refractivity contribution < 1.29 is 4.74 Å². The number of hydrogen-bond acceptors (Lipinski definition) is 2. The third-order valence-electron chi connectivity index (χ3n) is 3.11. The van der Waals surface area contributed by atoms with Crippen molar-refractivity contribution >= 4 is 5.69 Å². The van der Waals surface area contributed by atoms with E-state index in [2.05, 4.69) is 49.5 Å². The van der Waals surface area contributed by atoms with Crippen molar-refractivity contribution in [2.45, 2.75) is 26.8 Å². The molecular formula is C17H21NO. The average molecular weight is 255 g/mol. The first-order valence-electron chi connectivity index (χ1n) is 6.75. The molecule has 0 heterocycles. The number of benzene rings is 2. The zero-order valence-electron chi connectivity index (χ0n) is 11.8. The minimum atomic E-state index is 0.275. The number of rotatable bonds is 5. The summed E-state index contributed by atoms with van der Waals surface area (Å²) in [6.07, 6.45) is 0.